The number of aliphatic hydroxyl groups is 1. The summed E-state index contributed by atoms with van der Waals surface area (Å²) in [5.41, 5.74) is 0. The molecule has 24 heavy (non-hydrogen) atoms. The van der Waals surface area contributed by atoms with E-state index in [0.29, 0.717) is 13.1 Å². The molecule has 0 unspecified atom stereocenters. The Bertz CT molecular complexity index is 426. The summed E-state index contributed by atoms with van der Waals surface area (Å²) in [6.45, 7) is 0.818. The fraction of sp³-hybridized carbons (Fsp3) is 0.882. The Hall–Kier alpha value is -1.18. The fourth-order valence-electron chi connectivity index (χ4n) is 3.22. The molecule has 2 amide bonds. The van der Waals surface area contributed by atoms with Crippen LogP contribution in [0.3, 0.4) is 0 Å². The van der Waals surface area contributed by atoms with Crippen molar-refractivity contribution in [3.8, 4) is 0 Å². The van der Waals surface area contributed by atoms with Gasteiger partial charge >= 0.3 is 0 Å². The lowest BCUT2D eigenvalue weighted by molar-refractivity contribution is -0.130. The van der Waals surface area contributed by atoms with E-state index in [9.17, 15) is 14.7 Å². The van der Waals surface area contributed by atoms with E-state index in [0.717, 1.165) is 38.5 Å². The topological polar surface area (TPSA) is 90.9 Å². The number of likely N-dealkylation sites (N-methyl/N-ethyl adjacent to an activating group) is 1. The minimum atomic E-state index is -0.378. The lowest BCUT2D eigenvalue weighted by atomic mass is 9.85. The number of carbonyl (C=O) groups is 2. The zero-order valence-electron chi connectivity index (χ0n) is 14.8. The first-order valence-electron chi connectivity index (χ1n) is 8.97. The van der Waals surface area contributed by atoms with Crippen LogP contribution in [-0.4, -0.2) is 73.9 Å². The van der Waals surface area contributed by atoms with Gasteiger partial charge in [0, 0.05) is 12.5 Å². The third-order valence-corrected chi connectivity index (χ3v) is 4.84. The van der Waals surface area contributed by atoms with Crippen LogP contribution in [0, 0.1) is 5.92 Å². The molecule has 1 saturated heterocycles. The van der Waals surface area contributed by atoms with Gasteiger partial charge in [0.1, 0.15) is 6.10 Å². The van der Waals surface area contributed by atoms with E-state index in [1.165, 1.54) is 0 Å². The quantitative estimate of drug-likeness (QED) is 0.573. The highest BCUT2D eigenvalue weighted by atomic mass is 16.5. The molecule has 7 heteroatoms. The predicted molar refractivity (Wildman–Crippen MR) is 90.4 cm³/mol. The van der Waals surface area contributed by atoms with Gasteiger partial charge in [0.15, 0.2) is 0 Å². The lowest BCUT2D eigenvalue weighted by Crippen LogP contribution is -2.52. The molecule has 3 atom stereocenters. The van der Waals surface area contributed by atoms with Crippen molar-refractivity contribution in [3.63, 3.8) is 0 Å². The molecule has 0 radical (unpaired) electrons. The Kier molecular flexibility index (Phi) is 7.45. The molecule has 138 valence electrons. The third kappa shape index (κ3) is 5.72. The zero-order valence-corrected chi connectivity index (χ0v) is 14.8. The summed E-state index contributed by atoms with van der Waals surface area (Å²) in [5.74, 6) is 0.307. The molecule has 0 aromatic carbocycles. The van der Waals surface area contributed by atoms with Crippen molar-refractivity contribution in [1.82, 2.24) is 15.5 Å². The summed E-state index contributed by atoms with van der Waals surface area (Å²) in [6.07, 6.45) is 5.16. The number of nitrogens with zero attached hydrogens (tertiary/aromatic N) is 1. The molecule has 0 aromatic rings. The maximum atomic E-state index is 11.9. The lowest BCUT2D eigenvalue weighted by Gasteiger charge is -2.36. The molecule has 0 spiro atoms. The summed E-state index contributed by atoms with van der Waals surface area (Å²) in [6, 6.07) is -0.150. The van der Waals surface area contributed by atoms with Gasteiger partial charge in [0.05, 0.1) is 25.3 Å². The number of aliphatic hydroxyl groups excluding tert-OH is 1. The van der Waals surface area contributed by atoms with Gasteiger partial charge in [-0.25, -0.2) is 0 Å². The van der Waals surface area contributed by atoms with Crippen LogP contribution >= 0.6 is 0 Å². The predicted octanol–water partition coefficient (Wildman–Crippen LogP) is -0.121. The van der Waals surface area contributed by atoms with Crippen molar-refractivity contribution < 1.29 is 19.4 Å². The molecule has 2 fully saturated rings. The van der Waals surface area contributed by atoms with E-state index < -0.39 is 0 Å². The van der Waals surface area contributed by atoms with Gasteiger partial charge < -0.3 is 25.4 Å². The first kappa shape index (κ1) is 19.1. The summed E-state index contributed by atoms with van der Waals surface area (Å²) < 4.78 is 5.91. The minimum absolute atomic E-state index is 0.0193. The highest BCUT2D eigenvalue weighted by molar-refractivity contribution is 5.79. The Balaban J connectivity index is 1.69. The van der Waals surface area contributed by atoms with E-state index >= 15 is 0 Å². The molecule has 2 rings (SSSR count). The number of carbonyl (C=O) groups excluding carboxylic acids is 2. The Labute approximate surface area is 144 Å². The first-order chi connectivity index (χ1) is 11.5. The monoisotopic (exact) mass is 341 g/mol. The van der Waals surface area contributed by atoms with Crippen molar-refractivity contribution >= 4 is 11.8 Å². The number of ether oxygens (including phenoxy) is 1. The van der Waals surface area contributed by atoms with Crippen LogP contribution in [-0.2, 0) is 14.3 Å². The minimum Gasteiger partial charge on any atom is -0.394 e. The maximum absolute atomic E-state index is 11.9. The Morgan fingerprint density at radius 2 is 1.96 bits per heavy atom. The van der Waals surface area contributed by atoms with Crippen LogP contribution < -0.4 is 10.6 Å². The van der Waals surface area contributed by atoms with Crippen molar-refractivity contribution in [1.29, 1.82) is 0 Å². The highest BCUT2D eigenvalue weighted by Crippen LogP contribution is 2.26. The van der Waals surface area contributed by atoms with Crippen LogP contribution in [0.2, 0.25) is 0 Å². The highest BCUT2D eigenvalue weighted by Gasteiger charge is 2.32. The van der Waals surface area contributed by atoms with Crippen LogP contribution in [0.15, 0.2) is 0 Å². The third-order valence-electron chi connectivity index (χ3n) is 4.84. The van der Waals surface area contributed by atoms with Gasteiger partial charge in [-0.3, -0.25) is 9.59 Å². The summed E-state index contributed by atoms with van der Waals surface area (Å²) >= 11 is 0. The second-order valence-corrected chi connectivity index (χ2v) is 7.18. The number of hydrogen-bond acceptors (Lipinski definition) is 5. The van der Waals surface area contributed by atoms with Gasteiger partial charge in [-0.2, -0.15) is 0 Å². The first-order valence-corrected chi connectivity index (χ1v) is 8.97. The second kappa shape index (κ2) is 9.34. The normalized spacial score (nSPS) is 27.6. The van der Waals surface area contributed by atoms with E-state index in [4.69, 9.17) is 4.74 Å². The Morgan fingerprint density at radius 3 is 2.54 bits per heavy atom. The van der Waals surface area contributed by atoms with E-state index in [-0.39, 0.29) is 42.6 Å². The second-order valence-electron chi connectivity index (χ2n) is 7.18. The SMILES string of the molecule is CN(C)CC(=O)N[C@@H]1CC[C@H](CCNC(=O)C2CCC2)O[C@H]1CO. The summed E-state index contributed by atoms with van der Waals surface area (Å²) in [4.78, 5) is 25.5. The van der Waals surface area contributed by atoms with Crippen molar-refractivity contribution in [2.45, 2.75) is 56.8 Å². The molecule has 1 aliphatic carbocycles. The van der Waals surface area contributed by atoms with Crippen molar-refractivity contribution in [2.75, 3.05) is 33.8 Å². The van der Waals surface area contributed by atoms with Crippen LogP contribution in [0.25, 0.3) is 0 Å². The Morgan fingerprint density at radius 1 is 1.21 bits per heavy atom. The van der Waals surface area contributed by atoms with Gasteiger partial charge in [-0.1, -0.05) is 6.42 Å². The molecule has 1 saturated carbocycles. The molecule has 7 nitrogen and oxygen atoms in total. The van der Waals surface area contributed by atoms with Gasteiger partial charge in [-0.15, -0.1) is 0 Å². The molecular formula is C17H31N3O4. The molecule has 3 N–H and O–H groups in total. The van der Waals surface area contributed by atoms with E-state index in [1.807, 2.05) is 14.1 Å². The average molecular weight is 341 g/mol. The van der Waals surface area contributed by atoms with Crippen molar-refractivity contribution in [3.05, 3.63) is 0 Å². The summed E-state index contributed by atoms with van der Waals surface area (Å²) in [5, 5.41) is 15.5. The molecule has 0 aromatic heterocycles. The average Bonchev–Trinajstić information content (AvgIpc) is 2.45. The molecule has 2 aliphatic rings. The van der Waals surface area contributed by atoms with E-state index in [2.05, 4.69) is 10.6 Å². The summed E-state index contributed by atoms with van der Waals surface area (Å²) in [7, 11) is 3.68. The number of hydrogen-bond donors (Lipinski definition) is 3. The van der Waals surface area contributed by atoms with Gasteiger partial charge in [-0.05, 0) is 46.2 Å². The largest absolute Gasteiger partial charge is 0.394 e. The zero-order chi connectivity index (χ0) is 17.5. The van der Waals surface area contributed by atoms with Crippen molar-refractivity contribution in [2.24, 2.45) is 5.92 Å². The van der Waals surface area contributed by atoms with Crippen LogP contribution in [0.4, 0.5) is 0 Å². The fourth-order valence-corrected chi connectivity index (χ4v) is 3.22. The molecule has 1 aliphatic heterocycles. The number of amides is 2. The van der Waals surface area contributed by atoms with Crippen LogP contribution in [0.1, 0.15) is 38.5 Å². The van der Waals surface area contributed by atoms with Crippen LogP contribution in [0.5, 0.6) is 0 Å². The maximum Gasteiger partial charge on any atom is 0.234 e. The molecular weight excluding hydrogens is 310 g/mol. The number of nitrogens with one attached hydrogen (secondary N) is 2. The molecule has 1 heterocycles. The standard InChI is InChI=1S/C17H31N3O4/c1-20(2)10-16(22)19-14-7-6-13(24-15(14)11-21)8-9-18-17(23)12-4-3-5-12/h12-15,21H,3-11H2,1-2H3,(H,18,23)(H,19,22)/t13-,14-,15+/m1/s1. The van der Waals surface area contributed by atoms with Gasteiger partial charge in [0.25, 0.3) is 0 Å². The number of rotatable bonds is 8. The van der Waals surface area contributed by atoms with E-state index in [1.54, 1.807) is 4.90 Å². The van der Waals surface area contributed by atoms with Gasteiger partial charge in [0.2, 0.25) is 11.8 Å². The molecule has 0 bridgehead atoms. The smallest absolute Gasteiger partial charge is 0.234 e.